The van der Waals surface area contributed by atoms with E-state index >= 15 is 0 Å². The summed E-state index contributed by atoms with van der Waals surface area (Å²) in [6.07, 6.45) is 3.10. The van der Waals surface area contributed by atoms with Crippen LogP contribution in [-0.4, -0.2) is 70.5 Å². The standard InChI is InChI=1S/C20H46O9PSi2/c1-7-24-31(25-8-2,26-9-3)19-15-13-17-22-30(21)23-18-14-16-20-32(27-10-4,28-11-5)29-12-6/h7-20H2,1-6H3/q+1. The maximum absolute atomic E-state index is 12.0. The van der Waals surface area contributed by atoms with Gasteiger partial charge in [0.2, 0.25) is 0 Å². The summed E-state index contributed by atoms with van der Waals surface area (Å²) in [5.41, 5.74) is 0. The highest BCUT2D eigenvalue weighted by Crippen LogP contribution is 2.26. The van der Waals surface area contributed by atoms with E-state index in [9.17, 15) is 4.57 Å². The van der Waals surface area contributed by atoms with E-state index in [4.69, 9.17) is 35.6 Å². The Morgan fingerprint density at radius 3 is 1.03 bits per heavy atom. The highest BCUT2D eigenvalue weighted by molar-refractivity contribution is 7.33. The molecule has 0 spiro atoms. The molecule has 0 aliphatic carbocycles. The molecule has 32 heavy (non-hydrogen) atoms. The Balaban J connectivity index is 4.10. The van der Waals surface area contributed by atoms with Crippen LogP contribution >= 0.6 is 8.25 Å². The van der Waals surface area contributed by atoms with Crippen LogP contribution in [0.2, 0.25) is 12.1 Å². The van der Waals surface area contributed by atoms with Gasteiger partial charge in [-0.15, -0.1) is 9.05 Å². The van der Waals surface area contributed by atoms with Crippen molar-refractivity contribution in [2.75, 3.05) is 52.9 Å². The Hall–Kier alpha value is 0.214. The molecule has 0 aliphatic heterocycles. The molecule has 0 saturated carbocycles. The molecule has 0 aromatic heterocycles. The van der Waals surface area contributed by atoms with Gasteiger partial charge in [-0.25, -0.2) is 0 Å². The molecule has 9 nitrogen and oxygen atoms in total. The first kappa shape index (κ1) is 32.2. The lowest BCUT2D eigenvalue weighted by Gasteiger charge is -2.28. The molecule has 0 fully saturated rings. The van der Waals surface area contributed by atoms with Crippen LogP contribution in [-0.2, 0) is 40.2 Å². The van der Waals surface area contributed by atoms with Crippen molar-refractivity contribution in [2.45, 2.75) is 79.3 Å². The minimum atomic E-state index is -2.62. The SMILES string of the molecule is CCO[Si](CCCCO[P+](=O)OCCCC[Si](OCC)(OCC)OCC)(OCC)OCC. The molecule has 0 heterocycles. The summed E-state index contributed by atoms with van der Waals surface area (Å²) in [7, 11) is -7.37. The van der Waals surface area contributed by atoms with E-state index in [1.165, 1.54) is 0 Å². The van der Waals surface area contributed by atoms with Crippen molar-refractivity contribution in [3.05, 3.63) is 0 Å². The lowest BCUT2D eigenvalue weighted by atomic mass is 10.4. The number of hydrogen-bond donors (Lipinski definition) is 0. The molecule has 0 aromatic rings. The maximum atomic E-state index is 12.0. The van der Waals surface area contributed by atoms with Gasteiger partial charge < -0.3 is 26.6 Å². The molecule has 0 atom stereocenters. The van der Waals surface area contributed by atoms with E-state index in [1.54, 1.807) is 0 Å². The van der Waals surface area contributed by atoms with Crippen molar-refractivity contribution in [2.24, 2.45) is 0 Å². The topological polar surface area (TPSA) is 90.9 Å². The first-order chi connectivity index (χ1) is 15.5. The molecular weight excluding hydrogens is 471 g/mol. The minimum Gasteiger partial charge on any atom is -0.374 e. The molecular formula is C20H46O9PSi2+. The largest absolute Gasteiger partial charge is 0.697 e. The fourth-order valence-electron chi connectivity index (χ4n) is 3.21. The van der Waals surface area contributed by atoms with Gasteiger partial charge in [-0.1, -0.05) is 0 Å². The lowest BCUT2D eigenvalue weighted by molar-refractivity contribution is 0.0697. The molecule has 0 radical (unpaired) electrons. The lowest BCUT2D eigenvalue weighted by Crippen LogP contribution is -2.45. The van der Waals surface area contributed by atoms with E-state index in [0.717, 1.165) is 25.7 Å². The van der Waals surface area contributed by atoms with E-state index in [1.807, 2.05) is 41.5 Å². The molecule has 192 valence electrons. The fourth-order valence-corrected chi connectivity index (χ4v) is 9.21. The van der Waals surface area contributed by atoms with Crippen LogP contribution in [0.25, 0.3) is 0 Å². The van der Waals surface area contributed by atoms with Crippen LogP contribution in [0.3, 0.4) is 0 Å². The van der Waals surface area contributed by atoms with Crippen molar-refractivity contribution < 1.29 is 40.2 Å². The van der Waals surface area contributed by atoms with Crippen LogP contribution in [0.4, 0.5) is 0 Å². The molecule has 0 bridgehead atoms. The van der Waals surface area contributed by atoms with Crippen LogP contribution in [0.5, 0.6) is 0 Å². The van der Waals surface area contributed by atoms with Gasteiger partial charge in [0.25, 0.3) is 0 Å². The van der Waals surface area contributed by atoms with Gasteiger partial charge in [0.1, 0.15) is 13.2 Å². The third-order valence-corrected chi connectivity index (χ3v) is 11.4. The summed E-state index contributed by atoms with van der Waals surface area (Å²) >= 11 is 0. The van der Waals surface area contributed by atoms with Gasteiger partial charge in [0.15, 0.2) is 0 Å². The van der Waals surface area contributed by atoms with Crippen LogP contribution in [0.15, 0.2) is 0 Å². The normalized spacial score (nSPS) is 12.4. The van der Waals surface area contributed by atoms with Crippen LogP contribution in [0, 0.1) is 0 Å². The third kappa shape index (κ3) is 14.5. The summed E-state index contributed by atoms with van der Waals surface area (Å²) in [6, 6.07) is 1.43. The average Bonchev–Trinajstić information content (AvgIpc) is 2.74. The summed E-state index contributed by atoms with van der Waals surface area (Å²) in [6.45, 7) is 15.7. The van der Waals surface area contributed by atoms with Crippen molar-refractivity contribution in [3.8, 4) is 0 Å². The first-order valence-electron chi connectivity index (χ1n) is 12.0. The Morgan fingerprint density at radius 1 is 0.500 bits per heavy atom. The van der Waals surface area contributed by atoms with E-state index in [2.05, 4.69) is 0 Å². The van der Waals surface area contributed by atoms with Gasteiger partial charge >= 0.3 is 25.9 Å². The predicted molar refractivity (Wildman–Crippen MR) is 129 cm³/mol. The molecule has 0 aliphatic rings. The predicted octanol–water partition coefficient (Wildman–Crippen LogP) is 5.33. The second-order valence-electron chi connectivity index (χ2n) is 6.77. The van der Waals surface area contributed by atoms with E-state index in [0.29, 0.717) is 64.9 Å². The molecule has 0 aromatic carbocycles. The van der Waals surface area contributed by atoms with Gasteiger partial charge in [0.05, 0.1) is 0 Å². The summed E-state index contributed by atoms with van der Waals surface area (Å²) in [4.78, 5) is 0. The van der Waals surface area contributed by atoms with Crippen molar-refractivity contribution >= 4 is 25.9 Å². The van der Waals surface area contributed by atoms with Gasteiger partial charge in [-0.2, -0.15) is 0 Å². The molecule has 0 N–H and O–H groups in total. The Bertz CT molecular complexity index is 389. The van der Waals surface area contributed by atoms with Crippen LogP contribution in [0.1, 0.15) is 67.2 Å². The second kappa shape index (κ2) is 20.6. The molecule has 12 heteroatoms. The van der Waals surface area contributed by atoms with Gasteiger partial charge in [-0.3, -0.25) is 0 Å². The molecule has 0 unspecified atom stereocenters. The second-order valence-corrected chi connectivity index (χ2v) is 13.2. The average molecular weight is 518 g/mol. The molecule has 0 rings (SSSR count). The number of unbranched alkanes of at least 4 members (excludes halogenated alkanes) is 2. The minimum absolute atomic E-state index is 0.360. The van der Waals surface area contributed by atoms with Crippen molar-refractivity contribution in [1.29, 1.82) is 0 Å². The smallest absolute Gasteiger partial charge is 0.374 e. The summed E-state index contributed by atoms with van der Waals surface area (Å²) < 4.78 is 57.6. The maximum Gasteiger partial charge on any atom is 0.697 e. The zero-order valence-corrected chi connectivity index (χ0v) is 23.9. The van der Waals surface area contributed by atoms with Gasteiger partial charge in [0, 0.05) is 56.3 Å². The van der Waals surface area contributed by atoms with Crippen molar-refractivity contribution in [1.82, 2.24) is 0 Å². The summed E-state index contributed by atoms with van der Waals surface area (Å²) in [5, 5.41) is 0. The molecule has 0 saturated heterocycles. The quantitative estimate of drug-likeness (QED) is 0.0956. The zero-order valence-electron chi connectivity index (χ0n) is 21.0. The zero-order chi connectivity index (χ0) is 24.1. The highest BCUT2D eigenvalue weighted by Gasteiger charge is 2.40. The Morgan fingerprint density at radius 2 is 0.781 bits per heavy atom. The van der Waals surface area contributed by atoms with Crippen LogP contribution < -0.4 is 0 Å². The summed E-state index contributed by atoms with van der Waals surface area (Å²) in [5.74, 6) is 0. The van der Waals surface area contributed by atoms with Gasteiger partial charge in [-0.05, 0) is 67.2 Å². The monoisotopic (exact) mass is 517 g/mol. The third-order valence-electron chi connectivity index (χ3n) is 4.33. The highest BCUT2D eigenvalue weighted by atomic mass is 31.1. The Labute approximate surface area is 198 Å². The number of hydrogen-bond acceptors (Lipinski definition) is 9. The first-order valence-corrected chi connectivity index (χ1v) is 17.0. The van der Waals surface area contributed by atoms with Crippen molar-refractivity contribution in [3.63, 3.8) is 0 Å². The fraction of sp³-hybridized carbons (Fsp3) is 1.00. The molecule has 0 amide bonds. The Kier molecular flexibility index (Phi) is 20.7. The van der Waals surface area contributed by atoms with E-state index in [-0.39, 0.29) is 0 Å². The van der Waals surface area contributed by atoms with E-state index < -0.39 is 25.9 Å². The number of rotatable bonds is 24.